The Morgan fingerprint density at radius 1 is 1.55 bits per heavy atom. The highest BCUT2D eigenvalue weighted by Gasteiger charge is 2.32. The van der Waals surface area contributed by atoms with Crippen LogP contribution in [0.15, 0.2) is 18.5 Å². The van der Waals surface area contributed by atoms with E-state index in [-0.39, 0.29) is 18.8 Å². The van der Waals surface area contributed by atoms with E-state index in [9.17, 15) is 17.6 Å². The van der Waals surface area contributed by atoms with Crippen LogP contribution >= 0.6 is 0 Å². The molecule has 110 valence electrons. The maximum atomic E-state index is 13.4. The minimum Gasteiger partial charge on any atom is -0.481 e. The summed E-state index contributed by atoms with van der Waals surface area (Å²) in [4.78, 5) is 14.5. The van der Waals surface area contributed by atoms with Crippen LogP contribution in [0.1, 0.15) is 12.8 Å². The van der Waals surface area contributed by atoms with E-state index in [1.807, 2.05) is 0 Å². The van der Waals surface area contributed by atoms with Gasteiger partial charge in [-0.25, -0.2) is 4.39 Å². The van der Waals surface area contributed by atoms with E-state index in [4.69, 9.17) is 5.11 Å². The number of hydrogen-bond acceptors (Lipinski definition) is 4. The highest BCUT2D eigenvalue weighted by Crippen LogP contribution is 2.21. The van der Waals surface area contributed by atoms with Gasteiger partial charge >= 0.3 is 16.2 Å². The lowest BCUT2D eigenvalue weighted by Crippen LogP contribution is -2.44. The first-order valence-electron chi connectivity index (χ1n) is 6.00. The number of anilines is 1. The highest BCUT2D eigenvalue weighted by atomic mass is 32.2. The summed E-state index contributed by atoms with van der Waals surface area (Å²) >= 11 is 0. The number of carboxylic acids is 1. The monoisotopic (exact) mass is 303 g/mol. The average Bonchev–Trinajstić information content (AvgIpc) is 2.41. The molecule has 2 N–H and O–H groups in total. The molecule has 7 nitrogen and oxygen atoms in total. The number of carbonyl (C=O) groups is 1. The van der Waals surface area contributed by atoms with Gasteiger partial charge < -0.3 is 5.11 Å². The fourth-order valence-electron chi connectivity index (χ4n) is 2.02. The predicted octanol–water partition coefficient (Wildman–Crippen LogP) is 0.674. The van der Waals surface area contributed by atoms with Gasteiger partial charge in [-0.05, 0) is 18.9 Å². The highest BCUT2D eigenvalue weighted by molar-refractivity contribution is 7.90. The molecule has 20 heavy (non-hydrogen) atoms. The van der Waals surface area contributed by atoms with Crippen LogP contribution in [0.5, 0.6) is 0 Å². The summed E-state index contributed by atoms with van der Waals surface area (Å²) < 4.78 is 40.7. The molecule has 0 saturated carbocycles. The standard InChI is InChI=1S/C11H14FN3O4S/c12-9-6-13-4-3-10(9)14-20(18,19)15-5-1-2-8(7-15)11(16)17/h3-4,6,8H,1-2,5,7H2,(H,13,14)(H,16,17). The van der Waals surface area contributed by atoms with Crippen molar-refractivity contribution in [3.8, 4) is 0 Å². The Kier molecular flexibility index (Phi) is 4.19. The van der Waals surface area contributed by atoms with E-state index in [2.05, 4.69) is 9.71 Å². The van der Waals surface area contributed by atoms with Gasteiger partial charge in [0.1, 0.15) is 0 Å². The number of pyridine rings is 1. The van der Waals surface area contributed by atoms with Crippen LogP contribution in [-0.2, 0) is 15.0 Å². The van der Waals surface area contributed by atoms with Crippen molar-refractivity contribution >= 4 is 21.9 Å². The lowest BCUT2D eigenvalue weighted by Gasteiger charge is -2.29. The SMILES string of the molecule is O=C(O)C1CCCN(S(=O)(=O)Nc2ccncc2F)C1. The molecular weight excluding hydrogens is 289 g/mol. The maximum absolute atomic E-state index is 13.4. The van der Waals surface area contributed by atoms with E-state index in [0.29, 0.717) is 12.8 Å². The third kappa shape index (κ3) is 3.23. The molecule has 1 saturated heterocycles. The molecule has 2 rings (SSSR count). The number of piperidine rings is 1. The first kappa shape index (κ1) is 14.7. The molecule has 1 fully saturated rings. The van der Waals surface area contributed by atoms with Gasteiger partial charge in [0.2, 0.25) is 0 Å². The second kappa shape index (κ2) is 5.71. The Balaban J connectivity index is 2.14. The van der Waals surface area contributed by atoms with Crippen LogP contribution < -0.4 is 4.72 Å². The third-order valence-corrected chi connectivity index (χ3v) is 4.57. The maximum Gasteiger partial charge on any atom is 0.307 e. The summed E-state index contributed by atoms with van der Waals surface area (Å²) in [6.07, 6.45) is 3.05. The van der Waals surface area contributed by atoms with Gasteiger partial charge in [0.15, 0.2) is 5.82 Å². The Morgan fingerprint density at radius 2 is 2.30 bits per heavy atom. The Hall–Kier alpha value is -1.74. The van der Waals surface area contributed by atoms with Crippen molar-refractivity contribution in [2.45, 2.75) is 12.8 Å². The minimum atomic E-state index is -3.97. The van der Waals surface area contributed by atoms with Crippen LogP contribution in [0.2, 0.25) is 0 Å². The van der Waals surface area contributed by atoms with Crippen molar-refractivity contribution in [2.24, 2.45) is 5.92 Å². The van der Waals surface area contributed by atoms with E-state index in [0.717, 1.165) is 10.5 Å². The van der Waals surface area contributed by atoms with Gasteiger partial charge in [-0.3, -0.25) is 14.5 Å². The van der Waals surface area contributed by atoms with Crippen LogP contribution in [-0.4, -0.2) is 41.9 Å². The molecular formula is C11H14FN3O4S. The molecule has 0 aromatic carbocycles. The fraction of sp³-hybridized carbons (Fsp3) is 0.455. The molecule has 2 heterocycles. The van der Waals surface area contributed by atoms with Crippen molar-refractivity contribution in [3.63, 3.8) is 0 Å². The number of halogens is 1. The molecule has 0 spiro atoms. The van der Waals surface area contributed by atoms with Gasteiger partial charge in [0.25, 0.3) is 0 Å². The largest absolute Gasteiger partial charge is 0.481 e. The van der Waals surface area contributed by atoms with Crippen LogP contribution in [0, 0.1) is 11.7 Å². The van der Waals surface area contributed by atoms with Crippen molar-refractivity contribution in [3.05, 3.63) is 24.3 Å². The van der Waals surface area contributed by atoms with Gasteiger partial charge in [0.05, 0.1) is 17.8 Å². The Bertz CT molecular complexity index is 607. The predicted molar refractivity (Wildman–Crippen MR) is 68.7 cm³/mol. The number of aromatic nitrogens is 1. The topological polar surface area (TPSA) is 99.6 Å². The summed E-state index contributed by atoms with van der Waals surface area (Å²) in [5.41, 5.74) is -0.211. The van der Waals surface area contributed by atoms with Crippen LogP contribution in [0.3, 0.4) is 0 Å². The number of aliphatic carboxylic acids is 1. The number of nitrogens with zero attached hydrogens (tertiary/aromatic N) is 2. The molecule has 0 radical (unpaired) electrons. The molecule has 9 heteroatoms. The molecule has 1 aromatic heterocycles. The molecule has 0 bridgehead atoms. The molecule has 1 aliphatic rings. The smallest absolute Gasteiger partial charge is 0.307 e. The normalized spacial score (nSPS) is 20.6. The summed E-state index contributed by atoms with van der Waals surface area (Å²) in [6.45, 7) is 0.100. The lowest BCUT2D eigenvalue weighted by atomic mass is 10.0. The second-order valence-electron chi connectivity index (χ2n) is 4.50. The zero-order chi connectivity index (χ0) is 14.8. The summed E-state index contributed by atoms with van der Waals surface area (Å²) in [5, 5.41) is 8.95. The number of hydrogen-bond donors (Lipinski definition) is 2. The Morgan fingerprint density at radius 3 is 2.95 bits per heavy atom. The van der Waals surface area contributed by atoms with Crippen molar-refractivity contribution in [1.29, 1.82) is 0 Å². The summed E-state index contributed by atoms with van der Waals surface area (Å²) in [5.74, 6) is -2.55. The zero-order valence-corrected chi connectivity index (χ0v) is 11.3. The third-order valence-electron chi connectivity index (χ3n) is 3.08. The number of rotatable bonds is 4. The Labute approximate surface area is 115 Å². The minimum absolute atomic E-state index is 0.114. The second-order valence-corrected chi connectivity index (χ2v) is 6.17. The van der Waals surface area contributed by atoms with E-state index in [1.165, 1.54) is 12.3 Å². The fourth-order valence-corrected chi connectivity index (χ4v) is 3.34. The first-order chi connectivity index (χ1) is 9.40. The number of carboxylic acid groups (broad SMARTS) is 1. The lowest BCUT2D eigenvalue weighted by molar-refractivity contribution is -0.142. The van der Waals surface area contributed by atoms with Gasteiger partial charge in [-0.15, -0.1) is 0 Å². The summed E-state index contributed by atoms with van der Waals surface area (Å²) in [6, 6.07) is 1.20. The quantitative estimate of drug-likeness (QED) is 0.852. The van der Waals surface area contributed by atoms with Crippen molar-refractivity contribution in [2.75, 3.05) is 17.8 Å². The molecule has 1 aromatic rings. The van der Waals surface area contributed by atoms with E-state index in [1.54, 1.807) is 0 Å². The first-order valence-corrected chi connectivity index (χ1v) is 7.44. The van der Waals surface area contributed by atoms with E-state index >= 15 is 0 Å². The molecule has 1 atom stereocenters. The number of nitrogens with one attached hydrogen (secondary N) is 1. The van der Waals surface area contributed by atoms with Crippen molar-refractivity contribution in [1.82, 2.24) is 9.29 Å². The van der Waals surface area contributed by atoms with Gasteiger partial charge in [-0.2, -0.15) is 12.7 Å². The van der Waals surface area contributed by atoms with Crippen molar-refractivity contribution < 1.29 is 22.7 Å². The zero-order valence-electron chi connectivity index (χ0n) is 10.5. The average molecular weight is 303 g/mol. The molecule has 1 aliphatic heterocycles. The van der Waals surface area contributed by atoms with Crippen LogP contribution in [0.4, 0.5) is 10.1 Å². The molecule has 0 amide bonds. The molecule has 1 unspecified atom stereocenters. The summed E-state index contributed by atoms with van der Waals surface area (Å²) in [7, 11) is -3.97. The molecule has 0 aliphatic carbocycles. The van der Waals surface area contributed by atoms with E-state index < -0.39 is 27.9 Å². The van der Waals surface area contributed by atoms with Gasteiger partial charge in [0, 0.05) is 19.3 Å². The van der Waals surface area contributed by atoms with Gasteiger partial charge in [-0.1, -0.05) is 0 Å². The van der Waals surface area contributed by atoms with Crippen LogP contribution in [0.25, 0.3) is 0 Å².